The molecule has 0 bridgehead atoms. The van der Waals surface area contributed by atoms with E-state index in [1.165, 1.54) is 5.06 Å². The van der Waals surface area contributed by atoms with Crippen molar-refractivity contribution in [3.8, 4) is 0 Å². The first-order chi connectivity index (χ1) is 6.81. The minimum atomic E-state index is -0.0742. The van der Waals surface area contributed by atoms with Crippen molar-refractivity contribution in [1.82, 2.24) is 10.4 Å². The summed E-state index contributed by atoms with van der Waals surface area (Å²) in [7, 11) is 0. The molecule has 1 aliphatic heterocycles. The fraction of sp³-hybridized carbons (Fsp3) is 0.273. The minimum absolute atomic E-state index is 0.0742. The van der Waals surface area contributed by atoms with Gasteiger partial charge in [0.05, 0.1) is 0 Å². The van der Waals surface area contributed by atoms with Crippen molar-refractivity contribution in [2.45, 2.75) is 6.17 Å². The predicted molar refractivity (Wildman–Crippen MR) is 55.8 cm³/mol. The molecule has 0 radical (unpaired) electrons. The Morgan fingerprint density at radius 3 is 3.07 bits per heavy atom. The zero-order valence-corrected chi connectivity index (χ0v) is 7.98. The van der Waals surface area contributed by atoms with Gasteiger partial charge in [-0.25, -0.2) is 0 Å². The summed E-state index contributed by atoms with van der Waals surface area (Å²) in [5.41, 5.74) is 2.15. The molecule has 1 aromatic carbocycles. The number of rotatable bonds is 2. The Labute approximate surface area is 83.6 Å². The summed E-state index contributed by atoms with van der Waals surface area (Å²) in [5, 5.41) is 14.1. The van der Waals surface area contributed by atoms with Crippen LogP contribution in [0.5, 0.6) is 0 Å². The standard InChI is InChI=1S/C11H14N2O/c1-2-9-4-3-5-10(8-9)11-12-6-7-13(11)14/h2-5,8,11-12,14H,1,6-7H2. The molecule has 0 aliphatic carbocycles. The summed E-state index contributed by atoms with van der Waals surface area (Å²) in [4.78, 5) is 0. The van der Waals surface area contributed by atoms with Crippen LogP contribution in [0.1, 0.15) is 17.3 Å². The first-order valence-electron chi connectivity index (χ1n) is 4.72. The first-order valence-corrected chi connectivity index (χ1v) is 4.72. The molecule has 2 rings (SSSR count). The van der Waals surface area contributed by atoms with Crippen LogP contribution < -0.4 is 5.32 Å². The van der Waals surface area contributed by atoms with Gasteiger partial charge in [0, 0.05) is 13.1 Å². The molecule has 74 valence electrons. The Morgan fingerprint density at radius 2 is 2.43 bits per heavy atom. The molecule has 14 heavy (non-hydrogen) atoms. The van der Waals surface area contributed by atoms with Crippen molar-refractivity contribution in [3.63, 3.8) is 0 Å². The van der Waals surface area contributed by atoms with Crippen molar-refractivity contribution in [2.75, 3.05) is 13.1 Å². The number of hydrogen-bond acceptors (Lipinski definition) is 3. The molecule has 1 unspecified atom stereocenters. The van der Waals surface area contributed by atoms with Crippen molar-refractivity contribution >= 4 is 6.08 Å². The van der Waals surface area contributed by atoms with E-state index in [-0.39, 0.29) is 6.17 Å². The van der Waals surface area contributed by atoms with Crippen LogP contribution in [0.2, 0.25) is 0 Å². The largest absolute Gasteiger partial charge is 0.312 e. The zero-order chi connectivity index (χ0) is 9.97. The van der Waals surface area contributed by atoms with Gasteiger partial charge in [0.15, 0.2) is 0 Å². The lowest BCUT2D eigenvalue weighted by atomic mass is 10.1. The second-order valence-electron chi connectivity index (χ2n) is 3.39. The van der Waals surface area contributed by atoms with E-state index in [1.54, 1.807) is 6.08 Å². The van der Waals surface area contributed by atoms with E-state index < -0.39 is 0 Å². The highest BCUT2D eigenvalue weighted by atomic mass is 16.5. The molecule has 1 heterocycles. The van der Waals surface area contributed by atoms with Gasteiger partial charge in [0.25, 0.3) is 0 Å². The van der Waals surface area contributed by atoms with Crippen molar-refractivity contribution in [1.29, 1.82) is 0 Å². The summed E-state index contributed by atoms with van der Waals surface area (Å²) in [6, 6.07) is 7.99. The van der Waals surface area contributed by atoms with E-state index in [4.69, 9.17) is 0 Å². The topological polar surface area (TPSA) is 35.5 Å². The van der Waals surface area contributed by atoms with E-state index in [0.29, 0.717) is 6.54 Å². The summed E-state index contributed by atoms with van der Waals surface area (Å²) < 4.78 is 0. The van der Waals surface area contributed by atoms with Crippen LogP contribution in [-0.4, -0.2) is 23.4 Å². The van der Waals surface area contributed by atoms with Crippen molar-refractivity contribution in [3.05, 3.63) is 42.0 Å². The third-order valence-electron chi connectivity index (χ3n) is 2.44. The second kappa shape index (κ2) is 3.92. The number of benzene rings is 1. The van der Waals surface area contributed by atoms with Crippen LogP contribution in [0.3, 0.4) is 0 Å². The lowest BCUT2D eigenvalue weighted by molar-refractivity contribution is -0.107. The van der Waals surface area contributed by atoms with Crippen LogP contribution in [0.15, 0.2) is 30.8 Å². The van der Waals surface area contributed by atoms with Crippen LogP contribution in [0.4, 0.5) is 0 Å². The minimum Gasteiger partial charge on any atom is -0.312 e. The molecule has 3 nitrogen and oxygen atoms in total. The van der Waals surface area contributed by atoms with E-state index in [2.05, 4.69) is 11.9 Å². The molecule has 0 amide bonds. The molecule has 1 atom stereocenters. The molecule has 0 spiro atoms. The number of hydrogen-bond donors (Lipinski definition) is 2. The molecule has 1 aliphatic rings. The first kappa shape index (κ1) is 9.40. The van der Waals surface area contributed by atoms with Crippen LogP contribution in [0, 0.1) is 0 Å². The average Bonchev–Trinajstić information content (AvgIpc) is 2.65. The number of nitrogens with zero attached hydrogens (tertiary/aromatic N) is 1. The Hall–Kier alpha value is -1.16. The maximum absolute atomic E-state index is 9.55. The fourth-order valence-electron chi connectivity index (χ4n) is 1.70. The lowest BCUT2D eigenvalue weighted by Gasteiger charge is -2.17. The summed E-state index contributed by atoms with van der Waals surface area (Å²) in [6.45, 7) is 5.21. The summed E-state index contributed by atoms with van der Waals surface area (Å²) >= 11 is 0. The quantitative estimate of drug-likeness (QED) is 0.744. The second-order valence-corrected chi connectivity index (χ2v) is 3.39. The van der Waals surface area contributed by atoms with Gasteiger partial charge in [-0.05, 0) is 17.2 Å². The smallest absolute Gasteiger partial charge is 0.110 e. The maximum atomic E-state index is 9.55. The maximum Gasteiger partial charge on any atom is 0.110 e. The normalized spacial score (nSPS) is 22.5. The SMILES string of the molecule is C=Cc1cccc(C2NCCN2O)c1. The van der Waals surface area contributed by atoms with Crippen molar-refractivity contribution < 1.29 is 5.21 Å². The Kier molecular flexibility index (Phi) is 2.63. The number of nitrogens with one attached hydrogen (secondary N) is 1. The third kappa shape index (κ3) is 1.70. The van der Waals surface area contributed by atoms with Crippen LogP contribution in [0.25, 0.3) is 6.08 Å². The predicted octanol–water partition coefficient (Wildman–Crippen LogP) is 1.62. The van der Waals surface area contributed by atoms with Crippen LogP contribution >= 0.6 is 0 Å². The van der Waals surface area contributed by atoms with Gasteiger partial charge in [-0.3, -0.25) is 5.32 Å². The van der Waals surface area contributed by atoms with Gasteiger partial charge in [0.2, 0.25) is 0 Å². The Balaban J connectivity index is 2.26. The van der Waals surface area contributed by atoms with Crippen LogP contribution in [-0.2, 0) is 0 Å². The summed E-state index contributed by atoms with van der Waals surface area (Å²) in [6.07, 6.45) is 1.73. The van der Waals surface area contributed by atoms with Gasteiger partial charge in [-0.2, -0.15) is 5.06 Å². The monoisotopic (exact) mass is 190 g/mol. The molecule has 1 fully saturated rings. The molecule has 3 heteroatoms. The van der Waals surface area contributed by atoms with Crippen molar-refractivity contribution in [2.24, 2.45) is 0 Å². The molecule has 0 saturated carbocycles. The molecular weight excluding hydrogens is 176 g/mol. The van der Waals surface area contributed by atoms with Gasteiger partial charge in [-0.15, -0.1) is 0 Å². The van der Waals surface area contributed by atoms with E-state index >= 15 is 0 Å². The van der Waals surface area contributed by atoms with E-state index in [0.717, 1.165) is 17.7 Å². The zero-order valence-electron chi connectivity index (χ0n) is 7.98. The average molecular weight is 190 g/mol. The van der Waals surface area contributed by atoms with Gasteiger partial charge >= 0.3 is 0 Å². The molecule has 2 N–H and O–H groups in total. The molecular formula is C11H14N2O. The highest BCUT2D eigenvalue weighted by Crippen LogP contribution is 2.20. The third-order valence-corrected chi connectivity index (χ3v) is 2.44. The summed E-state index contributed by atoms with van der Waals surface area (Å²) in [5.74, 6) is 0. The Bertz CT molecular complexity index is 338. The molecule has 1 saturated heterocycles. The van der Waals surface area contributed by atoms with Gasteiger partial charge in [0.1, 0.15) is 6.17 Å². The van der Waals surface area contributed by atoms with Gasteiger partial charge < -0.3 is 5.21 Å². The molecule has 1 aromatic rings. The lowest BCUT2D eigenvalue weighted by Crippen LogP contribution is -2.24. The highest BCUT2D eigenvalue weighted by molar-refractivity contribution is 5.48. The van der Waals surface area contributed by atoms with Gasteiger partial charge in [-0.1, -0.05) is 30.9 Å². The Morgan fingerprint density at radius 1 is 1.57 bits per heavy atom. The number of hydroxylamine groups is 2. The fourth-order valence-corrected chi connectivity index (χ4v) is 1.70. The van der Waals surface area contributed by atoms with E-state index in [9.17, 15) is 5.21 Å². The highest BCUT2D eigenvalue weighted by Gasteiger charge is 2.23. The molecule has 0 aromatic heterocycles. The van der Waals surface area contributed by atoms with E-state index in [1.807, 2.05) is 24.3 Å².